The lowest BCUT2D eigenvalue weighted by molar-refractivity contribution is 0.619. The topological polar surface area (TPSA) is 56.7 Å². The van der Waals surface area contributed by atoms with E-state index >= 15 is 0 Å². The van der Waals surface area contributed by atoms with Crippen LogP contribution in [-0.4, -0.2) is 15.0 Å². The number of anilines is 1. The Morgan fingerprint density at radius 2 is 2.00 bits per heavy atom. The van der Waals surface area contributed by atoms with E-state index in [1.165, 1.54) is 22.0 Å². The van der Waals surface area contributed by atoms with E-state index in [-0.39, 0.29) is 0 Å². The van der Waals surface area contributed by atoms with E-state index in [1.54, 1.807) is 0 Å². The molecule has 1 aliphatic rings. The molecule has 0 amide bonds. The maximum Gasteiger partial charge on any atom is 0.169 e. The zero-order chi connectivity index (χ0) is 11.8. The van der Waals surface area contributed by atoms with Crippen molar-refractivity contribution in [3.63, 3.8) is 0 Å². The van der Waals surface area contributed by atoms with E-state index in [0.29, 0.717) is 11.7 Å². The summed E-state index contributed by atoms with van der Waals surface area (Å²) in [4.78, 5) is 0. The Balaban J connectivity index is 1.87. The minimum absolute atomic E-state index is 0.578. The van der Waals surface area contributed by atoms with Gasteiger partial charge in [0.25, 0.3) is 0 Å². The fourth-order valence-electron chi connectivity index (χ4n) is 1.99. The highest BCUT2D eigenvalue weighted by atomic mass is 127. The second kappa shape index (κ2) is 4.29. The molecule has 0 atom stereocenters. The van der Waals surface area contributed by atoms with Gasteiger partial charge >= 0.3 is 0 Å². The molecule has 2 N–H and O–H groups in total. The molecule has 17 heavy (non-hydrogen) atoms. The van der Waals surface area contributed by atoms with Crippen molar-refractivity contribution in [3.8, 4) is 0 Å². The van der Waals surface area contributed by atoms with Gasteiger partial charge in [-0.2, -0.15) is 0 Å². The lowest BCUT2D eigenvalue weighted by Gasteiger charge is -2.06. The maximum absolute atomic E-state index is 5.86. The summed E-state index contributed by atoms with van der Waals surface area (Å²) in [6.45, 7) is 0.757. The van der Waals surface area contributed by atoms with E-state index in [4.69, 9.17) is 5.73 Å². The summed E-state index contributed by atoms with van der Waals surface area (Å²) >= 11 is 2.30. The molecular weight excluding hydrogens is 327 g/mol. The normalized spacial score (nSPS) is 15.1. The van der Waals surface area contributed by atoms with Gasteiger partial charge in [0, 0.05) is 9.49 Å². The van der Waals surface area contributed by atoms with Gasteiger partial charge in [-0.25, -0.2) is 4.68 Å². The molecular formula is C12H13IN4. The smallest absolute Gasteiger partial charge is 0.169 e. The van der Waals surface area contributed by atoms with Crippen LogP contribution in [-0.2, 0) is 6.54 Å². The molecule has 3 rings (SSSR count). The highest BCUT2D eigenvalue weighted by Gasteiger charge is 2.30. The summed E-state index contributed by atoms with van der Waals surface area (Å²) in [5.74, 6) is 1.17. The molecule has 0 saturated heterocycles. The molecule has 5 heteroatoms. The summed E-state index contributed by atoms with van der Waals surface area (Å²) in [6, 6.07) is 8.45. The molecule has 0 spiro atoms. The van der Waals surface area contributed by atoms with E-state index in [9.17, 15) is 0 Å². The summed E-state index contributed by atoms with van der Waals surface area (Å²) in [5, 5.41) is 8.12. The van der Waals surface area contributed by atoms with Crippen molar-refractivity contribution in [2.24, 2.45) is 0 Å². The van der Waals surface area contributed by atoms with Gasteiger partial charge in [0.1, 0.15) is 0 Å². The lowest BCUT2D eigenvalue weighted by Crippen LogP contribution is -2.06. The highest BCUT2D eigenvalue weighted by molar-refractivity contribution is 14.1. The van der Waals surface area contributed by atoms with Crippen molar-refractivity contribution in [3.05, 3.63) is 39.1 Å². The number of hydrogen-bond donors (Lipinski definition) is 1. The summed E-state index contributed by atoms with van der Waals surface area (Å²) in [7, 11) is 0. The fourth-order valence-corrected chi connectivity index (χ4v) is 2.35. The van der Waals surface area contributed by atoms with Gasteiger partial charge in [-0.05, 0) is 53.1 Å². The van der Waals surface area contributed by atoms with Gasteiger partial charge in [-0.3, -0.25) is 0 Å². The summed E-state index contributed by atoms with van der Waals surface area (Å²) < 4.78 is 3.18. The predicted molar refractivity (Wildman–Crippen MR) is 74.7 cm³/mol. The number of aromatic nitrogens is 3. The minimum atomic E-state index is 0.578. The van der Waals surface area contributed by atoms with Gasteiger partial charge in [-0.1, -0.05) is 17.3 Å². The Morgan fingerprint density at radius 3 is 2.65 bits per heavy atom. The molecule has 88 valence electrons. The lowest BCUT2D eigenvalue weighted by atomic mass is 10.2. The second-order valence-electron chi connectivity index (χ2n) is 4.42. The zero-order valence-corrected chi connectivity index (χ0v) is 11.5. The fraction of sp³-hybridized carbons (Fsp3) is 0.333. The monoisotopic (exact) mass is 340 g/mol. The highest BCUT2D eigenvalue weighted by Crippen LogP contribution is 2.42. The van der Waals surface area contributed by atoms with Crippen molar-refractivity contribution >= 4 is 28.4 Å². The first kappa shape index (κ1) is 11.0. The van der Waals surface area contributed by atoms with E-state index in [2.05, 4.69) is 57.2 Å². The van der Waals surface area contributed by atoms with Crippen molar-refractivity contribution in [1.29, 1.82) is 0 Å². The molecule has 0 radical (unpaired) electrons. The van der Waals surface area contributed by atoms with E-state index < -0.39 is 0 Å². The molecule has 1 aromatic heterocycles. The number of nitrogen functional groups attached to an aromatic ring is 1. The van der Waals surface area contributed by atoms with E-state index in [0.717, 1.165) is 12.2 Å². The van der Waals surface area contributed by atoms with Crippen LogP contribution in [0.15, 0.2) is 24.3 Å². The Labute approximate surface area is 113 Å². The minimum Gasteiger partial charge on any atom is -0.381 e. The number of nitrogens with two attached hydrogens (primary N) is 1. The van der Waals surface area contributed by atoms with Crippen LogP contribution in [0.1, 0.15) is 30.0 Å². The quantitative estimate of drug-likeness (QED) is 0.873. The van der Waals surface area contributed by atoms with Gasteiger partial charge in [0.15, 0.2) is 5.82 Å². The first-order valence-corrected chi connectivity index (χ1v) is 6.75. The summed E-state index contributed by atoms with van der Waals surface area (Å²) in [6.07, 6.45) is 2.43. The van der Waals surface area contributed by atoms with Gasteiger partial charge < -0.3 is 5.73 Å². The Hall–Kier alpha value is -1.11. The molecule has 1 heterocycles. The third-order valence-corrected chi connectivity index (χ3v) is 3.73. The second-order valence-corrected chi connectivity index (χ2v) is 5.66. The number of benzene rings is 1. The SMILES string of the molecule is Nc1nnn(Cc2ccc(I)cc2)c1C1CC1. The first-order valence-electron chi connectivity index (χ1n) is 5.67. The van der Waals surface area contributed by atoms with Crippen LogP contribution in [0.2, 0.25) is 0 Å². The standard InChI is InChI=1S/C12H13IN4/c13-10-5-1-8(2-6-10)7-17-11(9-3-4-9)12(14)15-16-17/h1-2,5-6,9H,3-4,7,14H2. The van der Waals surface area contributed by atoms with Crippen molar-refractivity contribution in [2.45, 2.75) is 25.3 Å². The molecule has 0 aliphatic heterocycles. The van der Waals surface area contributed by atoms with Crippen LogP contribution in [0.25, 0.3) is 0 Å². The van der Waals surface area contributed by atoms with Gasteiger partial charge in [0.2, 0.25) is 0 Å². The Kier molecular flexibility index (Phi) is 2.78. The summed E-state index contributed by atoms with van der Waals surface area (Å²) in [5.41, 5.74) is 8.21. The maximum atomic E-state index is 5.86. The number of halogens is 1. The average molecular weight is 340 g/mol. The Morgan fingerprint density at radius 1 is 1.29 bits per heavy atom. The molecule has 0 bridgehead atoms. The number of nitrogens with zero attached hydrogens (tertiary/aromatic N) is 3. The van der Waals surface area contributed by atoms with Gasteiger partial charge in [-0.15, -0.1) is 5.10 Å². The molecule has 0 unspecified atom stereocenters. The van der Waals surface area contributed by atoms with Crippen LogP contribution >= 0.6 is 22.6 Å². The van der Waals surface area contributed by atoms with Crippen molar-refractivity contribution in [2.75, 3.05) is 5.73 Å². The molecule has 2 aromatic rings. The van der Waals surface area contributed by atoms with Crippen LogP contribution in [0.4, 0.5) is 5.82 Å². The van der Waals surface area contributed by atoms with Crippen molar-refractivity contribution in [1.82, 2.24) is 15.0 Å². The van der Waals surface area contributed by atoms with Crippen LogP contribution in [0.5, 0.6) is 0 Å². The molecule has 1 aromatic carbocycles. The molecule has 4 nitrogen and oxygen atoms in total. The van der Waals surface area contributed by atoms with Crippen LogP contribution in [0, 0.1) is 3.57 Å². The number of rotatable bonds is 3. The average Bonchev–Trinajstić information content (AvgIpc) is 3.08. The molecule has 1 aliphatic carbocycles. The largest absolute Gasteiger partial charge is 0.381 e. The van der Waals surface area contributed by atoms with Crippen LogP contribution < -0.4 is 5.73 Å². The molecule has 1 fully saturated rings. The Bertz CT molecular complexity index is 528. The predicted octanol–water partition coefficient (Wildman–Crippen LogP) is 2.39. The first-order chi connectivity index (χ1) is 8.24. The van der Waals surface area contributed by atoms with Crippen molar-refractivity contribution < 1.29 is 0 Å². The number of hydrogen-bond acceptors (Lipinski definition) is 3. The third kappa shape index (κ3) is 2.29. The van der Waals surface area contributed by atoms with Crippen LogP contribution in [0.3, 0.4) is 0 Å². The van der Waals surface area contributed by atoms with Gasteiger partial charge in [0.05, 0.1) is 12.2 Å². The van der Waals surface area contributed by atoms with E-state index in [1.807, 2.05) is 4.68 Å². The zero-order valence-electron chi connectivity index (χ0n) is 9.31. The molecule has 1 saturated carbocycles. The third-order valence-electron chi connectivity index (χ3n) is 3.01.